The fraction of sp³-hybridized carbons (Fsp3) is 0.350. The Bertz CT molecular complexity index is 790. The van der Waals surface area contributed by atoms with Crippen LogP contribution in [0.5, 0.6) is 28.7 Å². The molecule has 0 heterocycles. The van der Waals surface area contributed by atoms with Crippen molar-refractivity contribution in [3.63, 3.8) is 0 Å². The Kier molecular flexibility index (Phi) is 7.16. The van der Waals surface area contributed by atoms with Gasteiger partial charge >= 0.3 is 0 Å². The lowest BCUT2D eigenvalue weighted by Gasteiger charge is -2.15. The number of amides is 1. The molecule has 2 aromatic carbocycles. The van der Waals surface area contributed by atoms with E-state index in [1.54, 1.807) is 30.3 Å². The van der Waals surface area contributed by atoms with Crippen molar-refractivity contribution in [2.75, 3.05) is 39.9 Å². The molecule has 1 amide bonds. The lowest BCUT2D eigenvalue weighted by molar-refractivity contribution is 0.102. The number of ether oxygens (including phenoxy) is 5. The Hall–Kier alpha value is -3.09. The third kappa shape index (κ3) is 4.75. The van der Waals surface area contributed by atoms with E-state index < -0.39 is 0 Å². The zero-order chi connectivity index (χ0) is 19.8. The van der Waals surface area contributed by atoms with Crippen molar-refractivity contribution in [2.24, 2.45) is 0 Å². The molecular formula is C20H25NO6. The number of nitrogens with one attached hydrogen (secondary N) is 1. The van der Waals surface area contributed by atoms with Gasteiger partial charge in [0.2, 0.25) is 0 Å². The fourth-order valence-corrected chi connectivity index (χ4v) is 2.53. The molecule has 0 radical (unpaired) electrons. The van der Waals surface area contributed by atoms with Gasteiger partial charge in [-0.3, -0.25) is 4.79 Å². The van der Waals surface area contributed by atoms with Crippen LogP contribution in [-0.2, 0) is 0 Å². The van der Waals surface area contributed by atoms with E-state index in [4.69, 9.17) is 23.7 Å². The third-order valence-electron chi connectivity index (χ3n) is 3.75. The van der Waals surface area contributed by atoms with Crippen LogP contribution in [0.4, 0.5) is 5.69 Å². The van der Waals surface area contributed by atoms with Gasteiger partial charge in [-0.15, -0.1) is 0 Å². The van der Waals surface area contributed by atoms with Crippen molar-refractivity contribution in [1.29, 1.82) is 0 Å². The Morgan fingerprint density at radius 1 is 0.778 bits per heavy atom. The van der Waals surface area contributed by atoms with Crippen LogP contribution in [0.3, 0.4) is 0 Å². The molecule has 7 heteroatoms. The number of anilines is 1. The van der Waals surface area contributed by atoms with E-state index in [0.29, 0.717) is 53.2 Å². The molecule has 0 saturated heterocycles. The number of benzene rings is 2. The monoisotopic (exact) mass is 375 g/mol. The van der Waals surface area contributed by atoms with Crippen LogP contribution in [0.25, 0.3) is 0 Å². The summed E-state index contributed by atoms with van der Waals surface area (Å²) in [6, 6.07) is 8.41. The summed E-state index contributed by atoms with van der Waals surface area (Å²) in [7, 11) is 4.52. The lowest BCUT2D eigenvalue weighted by Crippen LogP contribution is -2.14. The van der Waals surface area contributed by atoms with Gasteiger partial charge in [0.05, 0.1) is 40.1 Å². The largest absolute Gasteiger partial charge is 0.496 e. The summed E-state index contributed by atoms with van der Waals surface area (Å²) in [5.74, 6) is 2.13. The molecule has 0 unspecified atom stereocenters. The predicted molar refractivity (Wildman–Crippen MR) is 103 cm³/mol. The average molecular weight is 375 g/mol. The first-order valence-electron chi connectivity index (χ1n) is 8.58. The summed E-state index contributed by atoms with van der Waals surface area (Å²) in [4.78, 5) is 12.8. The summed E-state index contributed by atoms with van der Waals surface area (Å²) < 4.78 is 27.0. The number of rotatable bonds is 9. The minimum absolute atomic E-state index is 0.321. The normalized spacial score (nSPS) is 10.1. The first kappa shape index (κ1) is 20.2. The summed E-state index contributed by atoms with van der Waals surface area (Å²) in [5, 5.41) is 2.84. The van der Waals surface area contributed by atoms with Gasteiger partial charge in [0.15, 0.2) is 23.0 Å². The number of methoxy groups -OCH3 is 3. The van der Waals surface area contributed by atoms with Crippen LogP contribution in [0.15, 0.2) is 30.3 Å². The second-order valence-electron chi connectivity index (χ2n) is 5.39. The van der Waals surface area contributed by atoms with Gasteiger partial charge in [0, 0.05) is 23.9 Å². The van der Waals surface area contributed by atoms with Crippen LogP contribution in [-0.4, -0.2) is 40.5 Å². The highest BCUT2D eigenvalue weighted by atomic mass is 16.5. The predicted octanol–water partition coefficient (Wildman–Crippen LogP) is 3.76. The first-order chi connectivity index (χ1) is 13.1. The molecule has 0 aliphatic heterocycles. The second-order valence-corrected chi connectivity index (χ2v) is 5.39. The van der Waals surface area contributed by atoms with Crippen LogP contribution in [0, 0.1) is 0 Å². The highest BCUT2D eigenvalue weighted by molar-refractivity contribution is 6.06. The fourth-order valence-electron chi connectivity index (χ4n) is 2.53. The van der Waals surface area contributed by atoms with E-state index in [0.717, 1.165) is 0 Å². The van der Waals surface area contributed by atoms with Crippen LogP contribution in [0.2, 0.25) is 0 Å². The third-order valence-corrected chi connectivity index (χ3v) is 3.75. The molecule has 2 aromatic rings. The lowest BCUT2D eigenvalue weighted by atomic mass is 10.1. The molecule has 0 bridgehead atoms. The van der Waals surface area contributed by atoms with E-state index in [1.807, 2.05) is 13.8 Å². The Morgan fingerprint density at radius 2 is 1.37 bits per heavy atom. The SMILES string of the molecule is CCOc1ccc(NC(=O)c2cc(OC)c(OC)cc2OC)cc1OCC. The summed E-state index contributed by atoms with van der Waals surface area (Å²) in [6.45, 7) is 4.79. The van der Waals surface area contributed by atoms with E-state index in [2.05, 4.69) is 5.32 Å². The van der Waals surface area contributed by atoms with E-state index in [-0.39, 0.29) is 5.91 Å². The van der Waals surface area contributed by atoms with Gasteiger partial charge in [0.25, 0.3) is 5.91 Å². The van der Waals surface area contributed by atoms with Crippen LogP contribution in [0.1, 0.15) is 24.2 Å². The summed E-state index contributed by atoms with van der Waals surface area (Å²) >= 11 is 0. The molecule has 2 rings (SSSR count). The maximum atomic E-state index is 12.8. The number of carbonyl (C=O) groups excluding carboxylic acids is 1. The molecule has 0 aromatic heterocycles. The van der Waals surface area contributed by atoms with Crippen molar-refractivity contribution in [3.05, 3.63) is 35.9 Å². The zero-order valence-corrected chi connectivity index (χ0v) is 16.3. The van der Waals surface area contributed by atoms with Gasteiger partial charge in [0.1, 0.15) is 5.75 Å². The Labute approximate surface area is 159 Å². The van der Waals surface area contributed by atoms with Crippen LogP contribution < -0.4 is 29.0 Å². The maximum Gasteiger partial charge on any atom is 0.259 e. The summed E-state index contributed by atoms with van der Waals surface area (Å²) in [6.07, 6.45) is 0. The molecule has 0 atom stereocenters. The molecule has 7 nitrogen and oxygen atoms in total. The zero-order valence-electron chi connectivity index (χ0n) is 16.3. The molecule has 0 spiro atoms. The van der Waals surface area contributed by atoms with E-state index in [9.17, 15) is 4.79 Å². The molecule has 1 N–H and O–H groups in total. The molecular weight excluding hydrogens is 350 g/mol. The van der Waals surface area contributed by atoms with Gasteiger partial charge in [-0.2, -0.15) is 0 Å². The van der Waals surface area contributed by atoms with Crippen molar-refractivity contribution in [2.45, 2.75) is 13.8 Å². The van der Waals surface area contributed by atoms with Crippen LogP contribution >= 0.6 is 0 Å². The first-order valence-corrected chi connectivity index (χ1v) is 8.58. The molecule has 0 aliphatic rings. The summed E-state index contributed by atoms with van der Waals surface area (Å²) in [5.41, 5.74) is 0.894. The molecule has 27 heavy (non-hydrogen) atoms. The number of hydrogen-bond acceptors (Lipinski definition) is 6. The molecule has 0 aliphatic carbocycles. The van der Waals surface area contributed by atoms with Gasteiger partial charge in [-0.1, -0.05) is 0 Å². The van der Waals surface area contributed by atoms with Gasteiger partial charge < -0.3 is 29.0 Å². The van der Waals surface area contributed by atoms with Gasteiger partial charge in [-0.25, -0.2) is 0 Å². The average Bonchev–Trinajstić information content (AvgIpc) is 2.69. The van der Waals surface area contributed by atoms with Crippen molar-refractivity contribution in [1.82, 2.24) is 0 Å². The van der Waals surface area contributed by atoms with Gasteiger partial charge in [-0.05, 0) is 26.0 Å². The highest BCUT2D eigenvalue weighted by Crippen LogP contribution is 2.35. The molecule has 0 saturated carbocycles. The minimum Gasteiger partial charge on any atom is -0.496 e. The van der Waals surface area contributed by atoms with Crippen molar-refractivity contribution >= 4 is 11.6 Å². The quantitative estimate of drug-likeness (QED) is 0.719. The number of carbonyl (C=O) groups is 1. The molecule has 0 fully saturated rings. The standard InChI is InChI=1S/C20H25NO6/c1-6-26-15-9-8-13(10-19(15)27-7-2)21-20(22)14-11-17(24-4)18(25-5)12-16(14)23-3/h8-12H,6-7H2,1-5H3,(H,21,22). The topological polar surface area (TPSA) is 75.3 Å². The van der Waals surface area contributed by atoms with Crippen molar-refractivity contribution < 1.29 is 28.5 Å². The van der Waals surface area contributed by atoms with E-state index >= 15 is 0 Å². The maximum absolute atomic E-state index is 12.8. The highest BCUT2D eigenvalue weighted by Gasteiger charge is 2.18. The minimum atomic E-state index is -0.348. The Morgan fingerprint density at radius 3 is 1.96 bits per heavy atom. The van der Waals surface area contributed by atoms with E-state index in [1.165, 1.54) is 21.3 Å². The smallest absolute Gasteiger partial charge is 0.259 e. The van der Waals surface area contributed by atoms with Crippen molar-refractivity contribution in [3.8, 4) is 28.7 Å². The second kappa shape index (κ2) is 9.56. The Balaban J connectivity index is 2.32. The molecule has 146 valence electrons. The number of hydrogen-bond donors (Lipinski definition) is 1.